The molecule has 0 bridgehead atoms. The summed E-state index contributed by atoms with van der Waals surface area (Å²) in [5, 5.41) is 17.5. The molecule has 5 heterocycles. The minimum atomic E-state index is -0.402. The van der Waals surface area contributed by atoms with Crippen molar-refractivity contribution in [1.29, 1.82) is 0 Å². The van der Waals surface area contributed by atoms with E-state index >= 15 is 0 Å². The summed E-state index contributed by atoms with van der Waals surface area (Å²) in [5.41, 5.74) is 3.18. The van der Waals surface area contributed by atoms with Crippen molar-refractivity contribution >= 4 is 28.6 Å². The lowest BCUT2D eigenvalue weighted by Gasteiger charge is -2.29. The highest BCUT2D eigenvalue weighted by Crippen LogP contribution is 2.38. The lowest BCUT2D eigenvalue weighted by Crippen LogP contribution is -2.31. The Kier molecular flexibility index (Phi) is 6.24. The first-order chi connectivity index (χ1) is 17.9. The molecule has 0 unspecified atom stereocenters. The van der Waals surface area contributed by atoms with Gasteiger partial charge in [0.15, 0.2) is 5.82 Å². The van der Waals surface area contributed by atoms with Crippen molar-refractivity contribution in [3.05, 3.63) is 40.0 Å². The van der Waals surface area contributed by atoms with E-state index in [0.29, 0.717) is 41.1 Å². The minimum Gasteiger partial charge on any atom is -0.391 e. The number of hydrogen-bond donors (Lipinski definition) is 3. The van der Waals surface area contributed by atoms with Crippen LogP contribution in [0.15, 0.2) is 29.3 Å². The normalized spacial score (nSPS) is 24.3. The van der Waals surface area contributed by atoms with Crippen LogP contribution in [0.1, 0.15) is 46.0 Å². The van der Waals surface area contributed by atoms with Crippen molar-refractivity contribution < 1.29 is 5.11 Å². The predicted molar refractivity (Wildman–Crippen MR) is 143 cm³/mol. The van der Waals surface area contributed by atoms with Crippen LogP contribution in [0.5, 0.6) is 0 Å². The van der Waals surface area contributed by atoms with E-state index in [1.165, 1.54) is 25.7 Å². The second kappa shape index (κ2) is 9.57. The first-order valence-electron chi connectivity index (χ1n) is 13.0. The van der Waals surface area contributed by atoms with Gasteiger partial charge in [-0.25, -0.2) is 19.9 Å². The van der Waals surface area contributed by atoms with Gasteiger partial charge in [0.2, 0.25) is 5.95 Å². The molecule has 4 aromatic heterocycles. The molecule has 37 heavy (non-hydrogen) atoms. The molecule has 2 atom stereocenters. The van der Waals surface area contributed by atoms with Crippen molar-refractivity contribution in [2.24, 2.45) is 11.8 Å². The summed E-state index contributed by atoms with van der Waals surface area (Å²) in [6.45, 7) is 5.81. The standard InChI is InChI=1S/C26H31ClN8O2/c1-14-3-5-16(6-4-14)12-35-23-20(30-26(35)34-13-19(36)7-15(34)2)9-21(24-31-25(37)33-32-24)29-22(23)17-8-18(27)11-28-10-17/h8-11,14-16,19,36H,3-7,12-13H2,1-2H3,(H2,31,32,33,37)/t14?,15-,16?,19-/m1/s1. The number of hydrogen-bond acceptors (Lipinski definition) is 7. The Morgan fingerprint density at radius 2 is 1.95 bits per heavy atom. The van der Waals surface area contributed by atoms with E-state index in [-0.39, 0.29) is 6.04 Å². The fourth-order valence-electron chi connectivity index (χ4n) is 5.84. The Morgan fingerprint density at radius 3 is 2.62 bits per heavy atom. The monoisotopic (exact) mass is 522 g/mol. The van der Waals surface area contributed by atoms with Crippen LogP contribution < -0.4 is 10.6 Å². The van der Waals surface area contributed by atoms with Crippen molar-refractivity contribution in [3.8, 4) is 22.8 Å². The third kappa shape index (κ3) is 4.64. The van der Waals surface area contributed by atoms with Gasteiger partial charge in [-0.1, -0.05) is 31.4 Å². The molecule has 1 aliphatic carbocycles. The average molecular weight is 523 g/mol. The first kappa shape index (κ1) is 24.1. The molecule has 0 aromatic carbocycles. The molecule has 0 radical (unpaired) electrons. The van der Waals surface area contributed by atoms with Gasteiger partial charge in [0.25, 0.3) is 0 Å². The Hall–Kier alpha value is -3.24. The third-order valence-corrected chi connectivity index (χ3v) is 8.02. The van der Waals surface area contributed by atoms with Crippen molar-refractivity contribution in [2.45, 2.75) is 64.6 Å². The number of fused-ring (bicyclic) bond motifs is 1. The summed E-state index contributed by atoms with van der Waals surface area (Å²) in [6.07, 6.45) is 8.45. The van der Waals surface area contributed by atoms with Crippen LogP contribution in [0, 0.1) is 11.8 Å². The number of nitrogens with zero attached hydrogens (tertiary/aromatic N) is 6. The molecule has 11 heteroatoms. The van der Waals surface area contributed by atoms with Gasteiger partial charge in [0, 0.05) is 37.1 Å². The number of halogens is 1. The van der Waals surface area contributed by atoms with E-state index in [1.54, 1.807) is 12.4 Å². The number of aliphatic hydroxyl groups is 1. The summed E-state index contributed by atoms with van der Waals surface area (Å²) < 4.78 is 2.28. The second-order valence-electron chi connectivity index (χ2n) is 10.7. The molecule has 10 nitrogen and oxygen atoms in total. The molecule has 0 amide bonds. The molecule has 1 saturated heterocycles. The summed E-state index contributed by atoms with van der Waals surface area (Å²) in [7, 11) is 0. The molecule has 0 spiro atoms. The van der Waals surface area contributed by atoms with Crippen LogP contribution in [0.2, 0.25) is 5.02 Å². The predicted octanol–water partition coefficient (Wildman–Crippen LogP) is 4.01. The number of β-amino-alcohol motifs (C(OH)–C–C–N with tert-alkyl or cyclic N) is 1. The summed E-state index contributed by atoms with van der Waals surface area (Å²) in [6, 6.07) is 3.86. The molecule has 1 saturated carbocycles. The molecule has 2 aliphatic rings. The maximum Gasteiger partial charge on any atom is 0.340 e. The van der Waals surface area contributed by atoms with Gasteiger partial charge in [0.05, 0.1) is 27.9 Å². The summed E-state index contributed by atoms with van der Waals surface area (Å²) in [5.74, 6) is 2.47. The highest BCUT2D eigenvalue weighted by molar-refractivity contribution is 6.30. The molecule has 1 aliphatic heterocycles. The van der Waals surface area contributed by atoms with Gasteiger partial charge in [-0.15, -0.1) is 0 Å². The number of nitrogens with one attached hydrogen (secondary N) is 2. The van der Waals surface area contributed by atoms with E-state index in [1.807, 2.05) is 12.1 Å². The SMILES string of the molecule is CC1CCC(Cn2c(N3C[C@H](O)C[C@H]3C)nc3cc(-c4n[nH]c(=O)[nH]4)nc(-c4cncc(Cl)c4)c32)CC1. The largest absolute Gasteiger partial charge is 0.391 e. The molecular formula is C26H31ClN8O2. The van der Waals surface area contributed by atoms with Gasteiger partial charge in [-0.05, 0) is 50.2 Å². The van der Waals surface area contributed by atoms with E-state index in [0.717, 1.165) is 35.0 Å². The van der Waals surface area contributed by atoms with E-state index in [9.17, 15) is 9.90 Å². The van der Waals surface area contributed by atoms with Crippen molar-refractivity contribution in [3.63, 3.8) is 0 Å². The zero-order chi connectivity index (χ0) is 25.7. The highest BCUT2D eigenvalue weighted by Gasteiger charge is 2.33. The summed E-state index contributed by atoms with van der Waals surface area (Å²) >= 11 is 6.35. The minimum absolute atomic E-state index is 0.156. The Balaban J connectivity index is 1.58. The van der Waals surface area contributed by atoms with Gasteiger partial charge >= 0.3 is 5.69 Å². The third-order valence-electron chi connectivity index (χ3n) is 7.81. The van der Waals surface area contributed by atoms with Crippen LogP contribution in [0.25, 0.3) is 33.8 Å². The van der Waals surface area contributed by atoms with E-state index in [2.05, 4.69) is 43.5 Å². The number of anilines is 1. The van der Waals surface area contributed by atoms with Gasteiger partial charge in [-0.2, -0.15) is 5.10 Å². The maximum atomic E-state index is 11.8. The molecule has 3 N–H and O–H groups in total. The lowest BCUT2D eigenvalue weighted by molar-refractivity contribution is 0.195. The first-order valence-corrected chi connectivity index (χ1v) is 13.4. The molecular weight excluding hydrogens is 492 g/mol. The Morgan fingerprint density at radius 1 is 1.14 bits per heavy atom. The molecule has 6 rings (SSSR count). The number of aromatic amines is 2. The lowest BCUT2D eigenvalue weighted by atomic mass is 9.83. The van der Waals surface area contributed by atoms with Crippen molar-refractivity contribution in [2.75, 3.05) is 11.4 Å². The van der Waals surface area contributed by atoms with Gasteiger partial charge in [0.1, 0.15) is 5.69 Å². The van der Waals surface area contributed by atoms with Crippen LogP contribution in [0.4, 0.5) is 5.95 Å². The van der Waals surface area contributed by atoms with E-state index < -0.39 is 11.8 Å². The van der Waals surface area contributed by atoms with Gasteiger partial charge < -0.3 is 14.6 Å². The van der Waals surface area contributed by atoms with Crippen LogP contribution >= 0.6 is 11.6 Å². The number of imidazole rings is 1. The van der Waals surface area contributed by atoms with Crippen LogP contribution in [-0.2, 0) is 6.54 Å². The number of aromatic nitrogens is 7. The number of H-pyrrole nitrogens is 2. The number of aliphatic hydroxyl groups excluding tert-OH is 1. The zero-order valence-corrected chi connectivity index (χ0v) is 21.7. The second-order valence-corrected chi connectivity index (χ2v) is 11.1. The van der Waals surface area contributed by atoms with Gasteiger partial charge in [-0.3, -0.25) is 9.97 Å². The highest BCUT2D eigenvalue weighted by atomic mass is 35.5. The fraction of sp³-hybridized carbons (Fsp3) is 0.500. The molecule has 2 fully saturated rings. The topological polar surface area (TPSA) is 129 Å². The Labute approximate surface area is 219 Å². The van der Waals surface area contributed by atoms with Crippen LogP contribution in [0.3, 0.4) is 0 Å². The van der Waals surface area contributed by atoms with E-state index in [4.69, 9.17) is 21.6 Å². The van der Waals surface area contributed by atoms with Crippen molar-refractivity contribution in [1.82, 2.24) is 34.7 Å². The Bertz CT molecular complexity index is 1490. The molecule has 4 aromatic rings. The summed E-state index contributed by atoms with van der Waals surface area (Å²) in [4.78, 5) is 31.1. The number of rotatable bonds is 5. The fourth-order valence-corrected chi connectivity index (χ4v) is 6.02. The average Bonchev–Trinajstić information content (AvgIpc) is 3.56. The molecule has 194 valence electrons. The number of pyridine rings is 2. The quantitative estimate of drug-likeness (QED) is 0.361. The smallest absolute Gasteiger partial charge is 0.340 e. The van der Waals surface area contributed by atoms with Crippen LogP contribution in [-0.4, -0.2) is 58.5 Å². The maximum absolute atomic E-state index is 11.8. The zero-order valence-electron chi connectivity index (χ0n) is 21.0.